The van der Waals surface area contributed by atoms with Crippen LogP contribution in [0.25, 0.3) is 0 Å². The zero-order chi connectivity index (χ0) is 19.1. The van der Waals surface area contributed by atoms with E-state index in [-0.39, 0.29) is 11.7 Å². The summed E-state index contributed by atoms with van der Waals surface area (Å²) >= 11 is 0. The molecule has 0 saturated heterocycles. The average Bonchev–Trinajstić information content (AvgIpc) is 2.71. The Bertz CT molecular complexity index is 876. The fourth-order valence-electron chi connectivity index (χ4n) is 2.62. The van der Waals surface area contributed by atoms with Crippen molar-refractivity contribution < 1.29 is 13.9 Å². The standard InChI is InChI=1S/C22H21FN2O2/c1-27-21-12-4-17(5-13-21)22(26)25-20-10-8-19(9-11-20)24-15-14-16-2-6-18(23)7-3-16/h2-13,24H,14-15H2,1H3,(H,25,26). The summed E-state index contributed by atoms with van der Waals surface area (Å²) in [4.78, 5) is 12.3. The Balaban J connectivity index is 1.50. The van der Waals surface area contributed by atoms with Crippen molar-refractivity contribution in [1.82, 2.24) is 0 Å². The molecule has 4 nitrogen and oxygen atoms in total. The molecule has 5 heteroatoms. The molecule has 0 spiro atoms. The Kier molecular flexibility index (Phi) is 6.05. The molecular formula is C22H21FN2O2. The van der Waals surface area contributed by atoms with Gasteiger partial charge in [0.2, 0.25) is 0 Å². The summed E-state index contributed by atoms with van der Waals surface area (Å²) < 4.78 is 18.0. The van der Waals surface area contributed by atoms with Crippen molar-refractivity contribution in [3.8, 4) is 5.75 Å². The predicted molar refractivity (Wildman–Crippen MR) is 106 cm³/mol. The number of carbonyl (C=O) groups excluding carboxylic acids is 1. The molecule has 0 aliphatic rings. The molecule has 3 aromatic rings. The molecule has 0 aromatic heterocycles. The number of nitrogens with one attached hydrogen (secondary N) is 2. The Morgan fingerprint density at radius 2 is 1.52 bits per heavy atom. The summed E-state index contributed by atoms with van der Waals surface area (Å²) in [6, 6.07) is 21.0. The Hall–Kier alpha value is -3.34. The zero-order valence-electron chi connectivity index (χ0n) is 15.0. The van der Waals surface area contributed by atoms with Crippen molar-refractivity contribution in [2.75, 3.05) is 24.3 Å². The first-order valence-corrected chi connectivity index (χ1v) is 8.68. The smallest absolute Gasteiger partial charge is 0.255 e. The fraction of sp³-hybridized carbons (Fsp3) is 0.136. The van der Waals surface area contributed by atoms with Crippen LogP contribution in [0.15, 0.2) is 72.8 Å². The second-order valence-corrected chi connectivity index (χ2v) is 6.06. The third-order valence-electron chi connectivity index (χ3n) is 4.15. The first kappa shape index (κ1) is 18.5. The second-order valence-electron chi connectivity index (χ2n) is 6.06. The molecule has 0 unspecified atom stereocenters. The van der Waals surface area contributed by atoms with Gasteiger partial charge >= 0.3 is 0 Å². The van der Waals surface area contributed by atoms with Gasteiger partial charge in [0, 0.05) is 23.5 Å². The van der Waals surface area contributed by atoms with Crippen molar-refractivity contribution in [3.63, 3.8) is 0 Å². The molecule has 27 heavy (non-hydrogen) atoms. The number of hydrogen-bond acceptors (Lipinski definition) is 3. The minimum absolute atomic E-state index is 0.172. The maximum atomic E-state index is 12.9. The molecular weight excluding hydrogens is 343 g/mol. The van der Waals surface area contributed by atoms with Gasteiger partial charge in [-0.25, -0.2) is 4.39 Å². The highest BCUT2D eigenvalue weighted by Gasteiger charge is 2.06. The van der Waals surface area contributed by atoms with E-state index in [4.69, 9.17) is 4.74 Å². The van der Waals surface area contributed by atoms with Gasteiger partial charge in [-0.05, 0) is 72.6 Å². The van der Waals surface area contributed by atoms with E-state index in [1.165, 1.54) is 12.1 Å². The molecule has 0 atom stereocenters. The lowest BCUT2D eigenvalue weighted by Gasteiger charge is -2.09. The second kappa shape index (κ2) is 8.85. The highest BCUT2D eigenvalue weighted by atomic mass is 19.1. The van der Waals surface area contributed by atoms with Crippen molar-refractivity contribution in [2.24, 2.45) is 0 Å². The van der Waals surface area contributed by atoms with Crippen LogP contribution < -0.4 is 15.4 Å². The molecule has 3 rings (SSSR count). The van der Waals surface area contributed by atoms with E-state index in [0.717, 1.165) is 29.9 Å². The van der Waals surface area contributed by atoms with E-state index >= 15 is 0 Å². The maximum Gasteiger partial charge on any atom is 0.255 e. The monoisotopic (exact) mass is 364 g/mol. The Morgan fingerprint density at radius 3 is 2.15 bits per heavy atom. The first-order valence-electron chi connectivity index (χ1n) is 8.68. The molecule has 0 aliphatic carbocycles. The van der Waals surface area contributed by atoms with E-state index in [0.29, 0.717) is 11.3 Å². The molecule has 0 fully saturated rings. The Morgan fingerprint density at radius 1 is 0.889 bits per heavy atom. The third-order valence-corrected chi connectivity index (χ3v) is 4.15. The van der Waals surface area contributed by atoms with Crippen LogP contribution in [0.1, 0.15) is 15.9 Å². The normalized spacial score (nSPS) is 10.3. The van der Waals surface area contributed by atoms with Gasteiger partial charge < -0.3 is 15.4 Å². The van der Waals surface area contributed by atoms with Crippen LogP contribution in [-0.4, -0.2) is 19.6 Å². The number of rotatable bonds is 7. The van der Waals surface area contributed by atoms with Gasteiger partial charge in [-0.3, -0.25) is 4.79 Å². The van der Waals surface area contributed by atoms with E-state index in [1.807, 2.05) is 24.3 Å². The topological polar surface area (TPSA) is 50.4 Å². The highest BCUT2D eigenvalue weighted by Crippen LogP contribution is 2.16. The van der Waals surface area contributed by atoms with Gasteiger partial charge in [-0.1, -0.05) is 12.1 Å². The summed E-state index contributed by atoms with van der Waals surface area (Å²) in [6.07, 6.45) is 0.802. The largest absolute Gasteiger partial charge is 0.497 e. The average molecular weight is 364 g/mol. The summed E-state index contributed by atoms with van der Waals surface area (Å²) in [5.41, 5.74) is 3.32. The van der Waals surface area contributed by atoms with Crippen molar-refractivity contribution in [3.05, 3.63) is 89.7 Å². The number of carbonyl (C=O) groups is 1. The molecule has 2 N–H and O–H groups in total. The number of benzene rings is 3. The van der Waals surface area contributed by atoms with Crippen LogP contribution in [0.5, 0.6) is 5.75 Å². The summed E-state index contributed by atoms with van der Waals surface area (Å²) in [7, 11) is 1.59. The van der Waals surface area contributed by atoms with E-state index in [2.05, 4.69) is 10.6 Å². The molecule has 138 valence electrons. The minimum Gasteiger partial charge on any atom is -0.497 e. The summed E-state index contributed by atoms with van der Waals surface area (Å²) in [5.74, 6) is 0.316. The highest BCUT2D eigenvalue weighted by molar-refractivity contribution is 6.04. The predicted octanol–water partition coefficient (Wildman–Crippen LogP) is 4.74. The van der Waals surface area contributed by atoms with Crippen molar-refractivity contribution in [1.29, 1.82) is 0 Å². The third kappa shape index (κ3) is 5.31. The van der Waals surface area contributed by atoms with Gasteiger partial charge in [0.05, 0.1) is 7.11 Å². The van der Waals surface area contributed by atoms with Crippen LogP contribution in [0.4, 0.5) is 15.8 Å². The van der Waals surface area contributed by atoms with Crippen LogP contribution in [0, 0.1) is 5.82 Å². The zero-order valence-corrected chi connectivity index (χ0v) is 15.0. The van der Waals surface area contributed by atoms with Gasteiger partial charge in [0.1, 0.15) is 11.6 Å². The van der Waals surface area contributed by atoms with E-state index < -0.39 is 0 Å². The molecule has 0 radical (unpaired) electrons. The van der Waals surface area contributed by atoms with Crippen LogP contribution >= 0.6 is 0 Å². The molecule has 0 heterocycles. The van der Waals surface area contributed by atoms with Crippen LogP contribution in [0.3, 0.4) is 0 Å². The van der Waals surface area contributed by atoms with Gasteiger partial charge in [0.25, 0.3) is 5.91 Å². The number of hydrogen-bond donors (Lipinski definition) is 2. The van der Waals surface area contributed by atoms with E-state index in [9.17, 15) is 9.18 Å². The maximum absolute atomic E-state index is 12.9. The van der Waals surface area contributed by atoms with Gasteiger partial charge in [-0.2, -0.15) is 0 Å². The van der Waals surface area contributed by atoms with Gasteiger partial charge in [-0.15, -0.1) is 0 Å². The molecule has 0 aliphatic heterocycles. The molecule has 0 saturated carbocycles. The lowest BCUT2D eigenvalue weighted by molar-refractivity contribution is 0.102. The lowest BCUT2D eigenvalue weighted by atomic mass is 10.1. The lowest BCUT2D eigenvalue weighted by Crippen LogP contribution is -2.11. The molecule has 1 amide bonds. The SMILES string of the molecule is COc1ccc(C(=O)Nc2ccc(NCCc3ccc(F)cc3)cc2)cc1. The molecule has 0 bridgehead atoms. The number of ether oxygens (including phenoxy) is 1. The number of halogens is 1. The number of anilines is 2. The quantitative estimate of drug-likeness (QED) is 0.637. The van der Waals surface area contributed by atoms with Crippen LogP contribution in [0.2, 0.25) is 0 Å². The fourth-order valence-corrected chi connectivity index (χ4v) is 2.62. The number of methoxy groups -OCH3 is 1. The van der Waals surface area contributed by atoms with E-state index in [1.54, 1.807) is 43.5 Å². The summed E-state index contributed by atoms with van der Waals surface area (Å²) in [5, 5.41) is 6.18. The minimum atomic E-state index is -0.223. The van der Waals surface area contributed by atoms with Crippen molar-refractivity contribution in [2.45, 2.75) is 6.42 Å². The van der Waals surface area contributed by atoms with Crippen LogP contribution in [-0.2, 0) is 6.42 Å². The first-order chi connectivity index (χ1) is 13.1. The summed E-state index contributed by atoms with van der Waals surface area (Å²) in [6.45, 7) is 0.739. The van der Waals surface area contributed by atoms with Crippen molar-refractivity contribution >= 4 is 17.3 Å². The molecule has 3 aromatic carbocycles. The Labute approximate surface area is 158 Å². The number of amides is 1. The van der Waals surface area contributed by atoms with Gasteiger partial charge in [0.15, 0.2) is 0 Å².